The Kier molecular flexibility index (Phi) is 4.14. The molecule has 2 heterocycles. The first-order valence-corrected chi connectivity index (χ1v) is 6.10. The maximum Gasteiger partial charge on any atom is 0.228 e. The molecular formula is C12H20N4O. The van der Waals surface area contributed by atoms with E-state index in [-0.39, 0.29) is 0 Å². The fourth-order valence-electron chi connectivity index (χ4n) is 2.30. The number of rotatable bonds is 4. The normalized spacial score (nSPS) is 20.4. The molecule has 1 N–H and O–H groups in total. The summed E-state index contributed by atoms with van der Waals surface area (Å²) >= 11 is 0. The van der Waals surface area contributed by atoms with Gasteiger partial charge in [-0.25, -0.2) is 4.98 Å². The Morgan fingerprint density at radius 2 is 2.47 bits per heavy atom. The van der Waals surface area contributed by atoms with Gasteiger partial charge in [-0.15, -0.1) is 0 Å². The van der Waals surface area contributed by atoms with Gasteiger partial charge in [-0.1, -0.05) is 0 Å². The molecule has 1 unspecified atom stereocenters. The zero-order valence-corrected chi connectivity index (χ0v) is 10.5. The standard InChI is InChI=1S/C12H20N4O/c1-13-8-10-4-3-7-16(9-10)12-14-6-5-11(15-12)17-2/h5-6,10,13H,3-4,7-9H2,1-2H3. The highest BCUT2D eigenvalue weighted by molar-refractivity contribution is 5.32. The lowest BCUT2D eigenvalue weighted by Gasteiger charge is -2.32. The van der Waals surface area contributed by atoms with E-state index in [1.807, 2.05) is 7.05 Å². The lowest BCUT2D eigenvalue weighted by Crippen LogP contribution is -2.39. The SMILES string of the molecule is CNCC1CCCN(c2nccc(OC)n2)C1. The van der Waals surface area contributed by atoms with Gasteiger partial charge in [0.1, 0.15) is 0 Å². The van der Waals surface area contributed by atoms with Crippen molar-refractivity contribution in [2.24, 2.45) is 5.92 Å². The molecule has 0 radical (unpaired) electrons. The quantitative estimate of drug-likeness (QED) is 0.842. The molecule has 1 aliphatic rings. The summed E-state index contributed by atoms with van der Waals surface area (Å²) in [6.45, 7) is 3.11. The number of piperidine rings is 1. The molecule has 0 spiro atoms. The van der Waals surface area contributed by atoms with Gasteiger partial charge in [-0.2, -0.15) is 4.98 Å². The highest BCUT2D eigenvalue weighted by Crippen LogP contribution is 2.20. The first-order valence-electron chi connectivity index (χ1n) is 6.10. The van der Waals surface area contributed by atoms with Crippen LogP contribution >= 0.6 is 0 Å². The minimum atomic E-state index is 0.630. The summed E-state index contributed by atoms with van der Waals surface area (Å²) in [5.74, 6) is 2.10. The lowest BCUT2D eigenvalue weighted by atomic mass is 9.98. The molecular weight excluding hydrogens is 216 g/mol. The molecule has 1 aromatic rings. The Morgan fingerprint density at radius 3 is 3.24 bits per heavy atom. The maximum atomic E-state index is 5.13. The molecule has 0 saturated carbocycles. The number of nitrogens with one attached hydrogen (secondary N) is 1. The molecule has 1 saturated heterocycles. The number of ether oxygens (including phenoxy) is 1. The third-order valence-corrected chi connectivity index (χ3v) is 3.12. The van der Waals surface area contributed by atoms with Gasteiger partial charge < -0.3 is 15.0 Å². The van der Waals surface area contributed by atoms with Crippen LogP contribution in [0.15, 0.2) is 12.3 Å². The second-order valence-electron chi connectivity index (χ2n) is 4.41. The fraction of sp³-hybridized carbons (Fsp3) is 0.667. The lowest BCUT2D eigenvalue weighted by molar-refractivity contribution is 0.386. The minimum Gasteiger partial charge on any atom is -0.481 e. The van der Waals surface area contributed by atoms with E-state index in [2.05, 4.69) is 20.2 Å². The van der Waals surface area contributed by atoms with Crippen molar-refractivity contribution in [3.63, 3.8) is 0 Å². The van der Waals surface area contributed by atoms with Gasteiger partial charge in [-0.3, -0.25) is 0 Å². The van der Waals surface area contributed by atoms with Crippen LogP contribution < -0.4 is 15.0 Å². The van der Waals surface area contributed by atoms with Crippen LogP contribution in [0.1, 0.15) is 12.8 Å². The average molecular weight is 236 g/mol. The van der Waals surface area contributed by atoms with Crippen molar-refractivity contribution in [3.05, 3.63) is 12.3 Å². The van der Waals surface area contributed by atoms with Crippen LogP contribution in [0.5, 0.6) is 5.88 Å². The van der Waals surface area contributed by atoms with Crippen molar-refractivity contribution in [1.29, 1.82) is 0 Å². The van der Waals surface area contributed by atoms with E-state index in [0.29, 0.717) is 11.8 Å². The van der Waals surface area contributed by atoms with Gasteiger partial charge in [-0.05, 0) is 32.4 Å². The monoisotopic (exact) mass is 236 g/mol. The topological polar surface area (TPSA) is 50.3 Å². The maximum absolute atomic E-state index is 5.13. The van der Waals surface area contributed by atoms with Gasteiger partial charge >= 0.3 is 0 Å². The van der Waals surface area contributed by atoms with Gasteiger partial charge in [0.25, 0.3) is 0 Å². The molecule has 1 aliphatic heterocycles. The van der Waals surface area contributed by atoms with Crippen LogP contribution in [0.25, 0.3) is 0 Å². The molecule has 1 aromatic heterocycles. The number of methoxy groups -OCH3 is 1. The molecule has 94 valence electrons. The third kappa shape index (κ3) is 3.06. The number of hydrogen-bond donors (Lipinski definition) is 1. The molecule has 1 fully saturated rings. The molecule has 5 heteroatoms. The molecule has 0 amide bonds. The smallest absolute Gasteiger partial charge is 0.228 e. The second-order valence-corrected chi connectivity index (χ2v) is 4.41. The van der Waals surface area contributed by atoms with Crippen molar-refractivity contribution in [3.8, 4) is 5.88 Å². The summed E-state index contributed by atoms with van der Waals surface area (Å²) in [6.07, 6.45) is 4.23. The van der Waals surface area contributed by atoms with Gasteiger partial charge in [0.15, 0.2) is 0 Å². The third-order valence-electron chi connectivity index (χ3n) is 3.12. The Labute approximate surface area is 102 Å². The van der Waals surface area contributed by atoms with Gasteiger partial charge in [0.2, 0.25) is 11.8 Å². The van der Waals surface area contributed by atoms with Gasteiger partial charge in [0.05, 0.1) is 7.11 Å². The molecule has 5 nitrogen and oxygen atoms in total. The number of nitrogens with zero attached hydrogens (tertiary/aromatic N) is 3. The van der Waals surface area contributed by atoms with E-state index in [0.717, 1.165) is 25.6 Å². The molecule has 0 bridgehead atoms. The summed E-state index contributed by atoms with van der Waals surface area (Å²) in [5.41, 5.74) is 0. The number of aromatic nitrogens is 2. The predicted octanol–water partition coefficient (Wildman–Crippen LogP) is 0.921. The zero-order chi connectivity index (χ0) is 12.1. The Morgan fingerprint density at radius 1 is 1.59 bits per heavy atom. The van der Waals surface area contributed by atoms with Crippen molar-refractivity contribution in [2.75, 3.05) is 38.7 Å². The van der Waals surface area contributed by atoms with Crippen LogP contribution in [0.3, 0.4) is 0 Å². The Hall–Kier alpha value is -1.36. The van der Waals surface area contributed by atoms with E-state index >= 15 is 0 Å². The van der Waals surface area contributed by atoms with E-state index < -0.39 is 0 Å². The summed E-state index contributed by atoms with van der Waals surface area (Å²) in [7, 11) is 3.63. The molecule has 2 rings (SSSR count). The van der Waals surface area contributed by atoms with Crippen molar-refractivity contribution in [2.45, 2.75) is 12.8 Å². The summed E-state index contributed by atoms with van der Waals surface area (Å²) in [4.78, 5) is 10.9. The molecule has 0 aliphatic carbocycles. The predicted molar refractivity (Wildman–Crippen MR) is 67.4 cm³/mol. The Balaban J connectivity index is 2.05. The summed E-state index contributed by atoms with van der Waals surface area (Å²) in [5, 5.41) is 3.24. The van der Waals surface area contributed by atoms with E-state index in [1.54, 1.807) is 19.4 Å². The van der Waals surface area contributed by atoms with Crippen molar-refractivity contribution in [1.82, 2.24) is 15.3 Å². The van der Waals surface area contributed by atoms with Gasteiger partial charge in [0, 0.05) is 25.4 Å². The van der Waals surface area contributed by atoms with Crippen LogP contribution in [-0.4, -0.2) is 43.8 Å². The number of hydrogen-bond acceptors (Lipinski definition) is 5. The van der Waals surface area contributed by atoms with E-state index in [1.165, 1.54) is 12.8 Å². The summed E-state index contributed by atoms with van der Waals surface area (Å²) in [6, 6.07) is 1.78. The minimum absolute atomic E-state index is 0.630. The summed E-state index contributed by atoms with van der Waals surface area (Å²) < 4.78 is 5.13. The van der Waals surface area contributed by atoms with Crippen molar-refractivity contribution >= 4 is 5.95 Å². The highest BCUT2D eigenvalue weighted by Gasteiger charge is 2.21. The zero-order valence-electron chi connectivity index (χ0n) is 10.5. The van der Waals surface area contributed by atoms with Crippen LogP contribution in [-0.2, 0) is 0 Å². The van der Waals surface area contributed by atoms with Crippen LogP contribution in [0, 0.1) is 5.92 Å². The first-order chi connectivity index (χ1) is 8.33. The average Bonchev–Trinajstić information content (AvgIpc) is 2.40. The van der Waals surface area contributed by atoms with Crippen molar-refractivity contribution < 1.29 is 4.74 Å². The van der Waals surface area contributed by atoms with E-state index in [9.17, 15) is 0 Å². The second kappa shape index (κ2) is 5.82. The van der Waals surface area contributed by atoms with Crippen LogP contribution in [0.2, 0.25) is 0 Å². The fourth-order valence-corrected chi connectivity index (χ4v) is 2.30. The largest absolute Gasteiger partial charge is 0.481 e. The number of anilines is 1. The van der Waals surface area contributed by atoms with E-state index in [4.69, 9.17) is 4.74 Å². The highest BCUT2D eigenvalue weighted by atomic mass is 16.5. The molecule has 0 aromatic carbocycles. The van der Waals surface area contributed by atoms with Crippen LogP contribution in [0.4, 0.5) is 5.95 Å². The molecule has 1 atom stereocenters. The Bertz CT molecular complexity index is 356. The molecule has 17 heavy (non-hydrogen) atoms. The first kappa shape index (κ1) is 12.1.